The summed E-state index contributed by atoms with van der Waals surface area (Å²) in [6, 6.07) is 3.93. The largest absolute Gasteiger partial charge is 0.469 e. The van der Waals surface area contributed by atoms with E-state index in [4.69, 9.17) is 11.6 Å². The van der Waals surface area contributed by atoms with E-state index in [2.05, 4.69) is 10.1 Å². The van der Waals surface area contributed by atoms with Gasteiger partial charge in [0.15, 0.2) is 0 Å². The van der Waals surface area contributed by atoms with Gasteiger partial charge in [-0.1, -0.05) is 17.7 Å². The topological polar surface area (TPSA) is 98.5 Å². The summed E-state index contributed by atoms with van der Waals surface area (Å²) in [4.78, 5) is 32.6. The molecule has 19 heavy (non-hydrogen) atoms. The van der Waals surface area contributed by atoms with Gasteiger partial charge in [0.25, 0.3) is 11.6 Å². The van der Waals surface area contributed by atoms with E-state index in [9.17, 15) is 19.7 Å². The second kappa shape index (κ2) is 6.69. The van der Waals surface area contributed by atoms with Crippen molar-refractivity contribution in [2.75, 3.05) is 13.7 Å². The Morgan fingerprint density at radius 3 is 2.74 bits per heavy atom. The first-order valence-corrected chi connectivity index (χ1v) is 5.63. The van der Waals surface area contributed by atoms with Crippen molar-refractivity contribution in [1.29, 1.82) is 0 Å². The van der Waals surface area contributed by atoms with Crippen LogP contribution in [0.5, 0.6) is 0 Å². The first kappa shape index (κ1) is 14.9. The smallest absolute Gasteiger partial charge is 0.307 e. The Hall–Kier alpha value is -2.15. The van der Waals surface area contributed by atoms with Crippen LogP contribution in [0.15, 0.2) is 18.2 Å². The van der Waals surface area contributed by atoms with E-state index >= 15 is 0 Å². The highest BCUT2D eigenvalue weighted by molar-refractivity contribution is 6.35. The van der Waals surface area contributed by atoms with E-state index in [1.165, 1.54) is 25.3 Å². The lowest BCUT2D eigenvalue weighted by molar-refractivity contribution is -0.384. The average molecular weight is 287 g/mol. The van der Waals surface area contributed by atoms with E-state index < -0.39 is 16.8 Å². The zero-order valence-corrected chi connectivity index (χ0v) is 10.8. The maximum absolute atomic E-state index is 11.7. The molecule has 1 aromatic carbocycles. The molecular weight excluding hydrogens is 276 g/mol. The first-order valence-electron chi connectivity index (χ1n) is 5.25. The molecule has 0 aliphatic heterocycles. The number of hydrogen-bond donors (Lipinski definition) is 1. The van der Waals surface area contributed by atoms with Crippen LogP contribution in [-0.4, -0.2) is 30.5 Å². The van der Waals surface area contributed by atoms with Crippen molar-refractivity contribution in [3.8, 4) is 0 Å². The lowest BCUT2D eigenvalue weighted by Gasteiger charge is -2.06. The molecule has 1 rings (SSSR count). The molecule has 1 aromatic rings. The van der Waals surface area contributed by atoms with Gasteiger partial charge in [-0.3, -0.25) is 19.7 Å². The van der Waals surface area contributed by atoms with Gasteiger partial charge >= 0.3 is 5.97 Å². The van der Waals surface area contributed by atoms with E-state index in [1.54, 1.807) is 0 Å². The molecule has 0 aliphatic rings. The summed E-state index contributed by atoms with van der Waals surface area (Å²) in [6.07, 6.45) is 0.00872. The summed E-state index contributed by atoms with van der Waals surface area (Å²) >= 11 is 5.77. The van der Waals surface area contributed by atoms with Crippen molar-refractivity contribution in [3.63, 3.8) is 0 Å². The molecule has 0 atom stereocenters. The molecular formula is C11H11ClN2O5. The Balaban J connectivity index is 2.75. The van der Waals surface area contributed by atoms with E-state index in [1.807, 2.05) is 0 Å². The molecule has 0 heterocycles. The third kappa shape index (κ3) is 3.92. The third-order valence-electron chi connectivity index (χ3n) is 2.26. The summed E-state index contributed by atoms with van der Waals surface area (Å²) in [7, 11) is 1.24. The van der Waals surface area contributed by atoms with E-state index in [0.29, 0.717) is 0 Å². The average Bonchev–Trinajstić information content (AvgIpc) is 2.38. The van der Waals surface area contributed by atoms with Crippen LogP contribution < -0.4 is 5.32 Å². The molecule has 0 fully saturated rings. The number of benzene rings is 1. The van der Waals surface area contributed by atoms with Crippen molar-refractivity contribution in [1.82, 2.24) is 5.32 Å². The summed E-state index contributed by atoms with van der Waals surface area (Å²) in [5, 5.41) is 12.9. The second-order valence-electron chi connectivity index (χ2n) is 3.48. The van der Waals surface area contributed by atoms with Crippen LogP contribution in [0.25, 0.3) is 0 Å². The Labute approximate surface area is 113 Å². The molecule has 0 aromatic heterocycles. The molecule has 0 radical (unpaired) electrons. The summed E-state index contributed by atoms with van der Waals surface area (Å²) < 4.78 is 4.41. The fourth-order valence-corrected chi connectivity index (χ4v) is 1.59. The van der Waals surface area contributed by atoms with Crippen LogP contribution >= 0.6 is 11.6 Å². The lowest BCUT2D eigenvalue weighted by Crippen LogP contribution is -2.26. The molecule has 1 N–H and O–H groups in total. The fourth-order valence-electron chi connectivity index (χ4n) is 1.31. The van der Waals surface area contributed by atoms with Crippen LogP contribution in [0.3, 0.4) is 0 Å². The first-order chi connectivity index (χ1) is 8.97. The molecule has 0 saturated carbocycles. The number of hydrogen-bond acceptors (Lipinski definition) is 5. The SMILES string of the molecule is COC(=O)CCNC(=O)c1cccc([N+](=O)[O-])c1Cl. The van der Waals surface area contributed by atoms with Gasteiger partial charge in [0.1, 0.15) is 5.02 Å². The molecule has 0 saturated heterocycles. The highest BCUT2D eigenvalue weighted by Crippen LogP contribution is 2.27. The molecule has 0 spiro atoms. The molecule has 7 nitrogen and oxygen atoms in total. The van der Waals surface area contributed by atoms with E-state index in [-0.39, 0.29) is 29.2 Å². The zero-order valence-electron chi connectivity index (χ0n) is 10.0. The number of methoxy groups -OCH3 is 1. The van der Waals surface area contributed by atoms with Gasteiger partial charge in [-0.05, 0) is 6.07 Å². The number of nitrogens with one attached hydrogen (secondary N) is 1. The number of nitro benzene ring substituents is 1. The van der Waals surface area contributed by atoms with Crippen LogP contribution in [0.1, 0.15) is 16.8 Å². The predicted octanol–water partition coefficient (Wildman–Crippen LogP) is 1.54. The van der Waals surface area contributed by atoms with Crippen LogP contribution in [0.4, 0.5) is 5.69 Å². The minimum atomic E-state index is -0.673. The van der Waals surface area contributed by atoms with Crippen LogP contribution in [0, 0.1) is 10.1 Å². The van der Waals surface area contributed by atoms with Gasteiger partial charge in [-0.2, -0.15) is 0 Å². The third-order valence-corrected chi connectivity index (χ3v) is 2.66. The number of esters is 1. The summed E-state index contributed by atoms with van der Waals surface area (Å²) in [5.74, 6) is -1.05. The maximum atomic E-state index is 11.7. The zero-order chi connectivity index (χ0) is 14.4. The predicted molar refractivity (Wildman–Crippen MR) is 67.1 cm³/mol. The summed E-state index contributed by atoms with van der Waals surface area (Å²) in [5.41, 5.74) is -0.358. The van der Waals surface area contributed by atoms with Gasteiger partial charge in [-0.15, -0.1) is 0 Å². The number of nitrogens with zero attached hydrogens (tertiary/aromatic N) is 1. The summed E-state index contributed by atoms with van der Waals surface area (Å²) in [6.45, 7) is 0.0600. The lowest BCUT2D eigenvalue weighted by atomic mass is 10.2. The Kier molecular flexibility index (Phi) is 5.25. The van der Waals surface area contributed by atoms with Crippen LogP contribution in [-0.2, 0) is 9.53 Å². The number of nitro groups is 1. The normalized spacial score (nSPS) is 9.79. The number of carbonyl (C=O) groups excluding carboxylic acids is 2. The Bertz CT molecular complexity index is 518. The fraction of sp³-hybridized carbons (Fsp3) is 0.273. The van der Waals surface area contributed by atoms with Gasteiger partial charge in [0.2, 0.25) is 0 Å². The molecule has 0 unspecified atom stereocenters. The van der Waals surface area contributed by atoms with Crippen molar-refractivity contribution in [2.24, 2.45) is 0 Å². The van der Waals surface area contributed by atoms with Crippen molar-refractivity contribution in [2.45, 2.75) is 6.42 Å². The van der Waals surface area contributed by atoms with Crippen molar-refractivity contribution in [3.05, 3.63) is 38.9 Å². The number of carbonyl (C=O) groups is 2. The van der Waals surface area contributed by atoms with Crippen molar-refractivity contribution < 1.29 is 19.2 Å². The van der Waals surface area contributed by atoms with Crippen molar-refractivity contribution >= 4 is 29.2 Å². The number of ether oxygens (including phenoxy) is 1. The number of halogens is 1. The molecule has 0 aliphatic carbocycles. The van der Waals surface area contributed by atoms with Gasteiger partial charge in [0, 0.05) is 12.6 Å². The number of rotatable bonds is 5. The maximum Gasteiger partial charge on any atom is 0.307 e. The molecule has 102 valence electrons. The second-order valence-corrected chi connectivity index (χ2v) is 3.86. The minimum absolute atomic E-state index is 0.00872. The molecule has 1 amide bonds. The molecule has 8 heteroatoms. The van der Waals surface area contributed by atoms with Crippen LogP contribution in [0.2, 0.25) is 5.02 Å². The monoisotopic (exact) mass is 286 g/mol. The van der Waals surface area contributed by atoms with Gasteiger partial charge < -0.3 is 10.1 Å². The minimum Gasteiger partial charge on any atom is -0.469 e. The van der Waals surface area contributed by atoms with Gasteiger partial charge in [0.05, 0.1) is 24.0 Å². The Morgan fingerprint density at radius 1 is 1.47 bits per heavy atom. The molecule has 0 bridgehead atoms. The number of amides is 1. The highest BCUT2D eigenvalue weighted by atomic mass is 35.5. The highest BCUT2D eigenvalue weighted by Gasteiger charge is 2.19. The quantitative estimate of drug-likeness (QED) is 0.503. The Morgan fingerprint density at radius 2 is 2.16 bits per heavy atom. The standard InChI is InChI=1S/C11H11ClN2O5/c1-19-9(15)5-6-13-11(16)7-3-2-4-8(10(7)12)14(17)18/h2-4H,5-6H2,1H3,(H,13,16). The van der Waals surface area contributed by atoms with Gasteiger partial charge in [-0.25, -0.2) is 0 Å². The van der Waals surface area contributed by atoms with E-state index in [0.717, 1.165) is 0 Å².